The number of carbonyl (C=O) groups is 2. The lowest BCUT2D eigenvalue weighted by atomic mass is 9.95. The highest BCUT2D eigenvalue weighted by molar-refractivity contribution is 5.86. The Morgan fingerprint density at radius 1 is 0.971 bits per heavy atom. The molecule has 182 valence electrons. The van der Waals surface area contributed by atoms with Gasteiger partial charge in [0, 0.05) is 43.5 Å². The van der Waals surface area contributed by atoms with Crippen LogP contribution in [0.5, 0.6) is 0 Å². The molecule has 2 fully saturated rings. The van der Waals surface area contributed by atoms with Crippen molar-refractivity contribution in [3.8, 4) is 0 Å². The average Bonchev–Trinajstić information content (AvgIpc) is 3.35. The summed E-state index contributed by atoms with van der Waals surface area (Å²) in [4.78, 5) is 39.6. The van der Waals surface area contributed by atoms with Crippen LogP contribution in [0.4, 0.5) is 0 Å². The van der Waals surface area contributed by atoms with Crippen molar-refractivity contribution in [2.24, 2.45) is 0 Å². The number of pyridine rings is 1. The second-order valence-electron chi connectivity index (χ2n) is 9.34. The number of likely N-dealkylation sites (tertiary alicyclic amines) is 1. The third kappa shape index (κ3) is 6.05. The molecule has 8 nitrogen and oxygen atoms in total. The van der Waals surface area contributed by atoms with E-state index in [9.17, 15) is 19.5 Å². The fourth-order valence-electron chi connectivity index (χ4n) is 5.02. The van der Waals surface area contributed by atoms with E-state index in [1.54, 1.807) is 22.0 Å². The van der Waals surface area contributed by atoms with Gasteiger partial charge >= 0.3 is 0 Å². The highest BCUT2D eigenvalue weighted by Gasteiger charge is 2.40. The predicted octanol–water partition coefficient (Wildman–Crippen LogP) is 1.80. The summed E-state index contributed by atoms with van der Waals surface area (Å²) in [5.41, 5.74) is 4.06. The molecule has 2 unspecified atom stereocenters. The van der Waals surface area contributed by atoms with Crippen molar-refractivity contribution in [3.05, 3.63) is 70.6 Å². The lowest BCUT2D eigenvalue weighted by Crippen LogP contribution is -2.55. The molecule has 0 spiro atoms. The smallest absolute Gasteiger partial charge is 0.251 e. The molecule has 34 heavy (non-hydrogen) atoms. The van der Waals surface area contributed by atoms with Crippen molar-refractivity contribution in [2.45, 2.75) is 75.6 Å². The van der Waals surface area contributed by atoms with Gasteiger partial charge in [-0.2, -0.15) is 0 Å². The zero-order chi connectivity index (χ0) is 23.9. The van der Waals surface area contributed by atoms with Gasteiger partial charge in [0.05, 0.1) is 6.04 Å². The lowest BCUT2D eigenvalue weighted by Gasteiger charge is -2.33. The van der Waals surface area contributed by atoms with Gasteiger partial charge in [0.15, 0.2) is 11.5 Å². The van der Waals surface area contributed by atoms with Crippen molar-refractivity contribution < 1.29 is 14.7 Å². The van der Waals surface area contributed by atoms with Gasteiger partial charge in [0.25, 0.3) is 5.91 Å². The Bertz CT molecular complexity index is 998. The van der Waals surface area contributed by atoms with Crippen LogP contribution in [-0.4, -0.2) is 57.3 Å². The summed E-state index contributed by atoms with van der Waals surface area (Å²) >= 11 is 0. The van der Waals surface area contributed by atoms with Crippen LogP contribution in [0.1, 0.15) is 50.5 Å². The standard InChI is InChI=1S/C26H34N4O4/c31-21-13-16-29(17-14-21)28-22(18-19-8-3-1-4-9-19)26(34)30-15-7-12-23(30)24(32)25(33)27-20-10-5-2-6-11-20/h1,3-4,8-9,13-14,16-17,20,22-24,28,32H,2,5-7,10-12,15,18H2,(H,27,33)/t22-,23?,24?/m0/s1. The summed E-state index contributed by atoms with van der Waals surface area (Å²) in [6.07, 6.45) is 8.91. The zero-order valence-corrected chi connectivity index (χ0v) is 19.4. The van der Waals surface area contributed by atoms with Crippen LogP contribution in [0.25, 0.3) is 0 Å². The SMILES string of the molecule is O=C(NC1CCCCC1)C(O)C1CCCN1C(=O)[C@H](Cc1ccccc1)Nn1ccc(=O)cc1. The quantitative estimate of drug-likeness (QED) is 0.551. The molecular formula is C26H34N4O4. The monoisotopic (exact) mass is 466 g/mol. The number of hydrogen-bond donors (Lipinski definition) is 3. The maximum Gasteiger partial charge on any atom is 0.251 e. The van der Waals surface area contributed by atoms with E-state index in [0.717, 1.165) is 37.7 Å². The molecule has 0 bridgehead atoms. The molecular weight excluding hydrogens is 432 g/mol. The van der Waals surface area contributed by atoms with Crippen LogP contribution in [0.2, 0.25) is 0 Å². The van der Waals surface area contributed by atoms with E-state index in [2.05, 4.69) is 10.7 Å². The Morgan fingerprint density at radius 3 is 2.38 bits per heavy atom. The molecule has 2 aliphatic rings. The maximum absolute atomic E-state index is 13.7. The lowest BCUT2D eigenvalue weighted by molar-refractivity contribution is -0.140. The first kappa shape index (κ1) is 24.0. The molecule has 2 heterocycles. The summed E-state index contributed by atoms with van der Waals surface area (Å²) in [7, 11) is 0. The van der Waals surface area contributed by atoms with Gasteiger partial charge in [0.1, 0.15) is 6.04 Å². The Morgan fingerprint density at radius 2 is 1.68 bits per heavy atom. The number of aromatic nitrogens is 1. The van der Waals surface area contributed by atoms with E-state index in [-0.39, 0.29) is 23.3 Å². The van der Waals surface area contributed by atoms with Gasteiger partial charge in [-0.05, 0) is 31.2 Å². The topological polar surface area (TPSA) is 104 Å². The third-order valence-electron chi connectivity index (χ3n) is 6.85. The summed E-state index contributed by atoms with van der Waals surface area (Å²) in [5, 5.41) is 13.9. The van der Waals surface area contributed by atoms with Gasteiger partial charge in [0.2, 0.25) is 5.91 Å². The number of nitrogens with one attached hydrogen (secondary N) is 2. The van der Waals surface area contributed by atoms with Crippen LogP contribution in [0.3, 0.4) is 0 Å². The molecule has 1 aromatic carbocycles. The van der Waals surface area contributed by atoms with E-state index in [4.69, 9.17) is 0 Å². The van der Waals surface area contributed by atoms with Crippen molar-refractivity contribution in [1.29, 1.82) is 0 Å². The summed E-state index contributed by atoms with van der Waals surface area (Å²) in [6.45, 7) is 0.494. The number of aliphatic hydroxyl groups is 1. The number of amides is 2. The summed E-state index contributed by atoms with van der Waals surface area (Å²) < 4.78 is 1.60. The molecule has 0 radical (unpaired) electrons. The third-order valence-corrected chi connectivity index (χ3v) is 6.85. The Balaban J connectivity index is 1.48. The first-order chi connectivity index (χ1) is 16.5. The molecule has 1 saturated carbocycles. The summed E-state index contributed by atoms with van der Waals surface area (Å²) in [6, 6.07) is 11.5. The number of carbonyl (C=O) groups excluding carboxylic acids is 2. The number of rotatable bonds is 8. The first-order valence-corrected chi connectivity index (χ1v) is 12.3. The molecule has 2 amide bonds. The minimum atomic E-state index is -1.25. The van der Waals surface area contributed by atoms with Crippen LogP contribution in [-0.2, 0) is 16.0 Å². The van der Waals surface area contributed by atoms with Crippen molar-refractivity contribution in [2.75, 3.05) is 12.0 Å². The molecule has 3 atom stereocenters. The maximum atomic E-state index is 13.7. The second kappa shape index (κ2) is 11.3. The Hall–Kier alpha value is -3.13. The Kier molecular flexibility index (Phi) is 8.00. The number of nitrogens with zero attached hydrogens (tertiary/aromatic N) is 2. The minimum absolute atomic E-state index is 0.106. The molecule has 1 aliphatic carbocycles. The Labute approximate surface area is 199 Å². The van der Waals surface area contributed by atoms with E-state index in [1.807, 2.05) is 30.3 Å². The number of hydrogen-bond acceptors (Lipinski definition) is 5. The number of aliphatic hydroxyl groups excluding tert-OH is 1. The molecule has 3 N–H and O–H groups in total. The largest absolute Gasteiger partial charge is 0.381 e. The second-order valence-corrected chi connectivity index (χ2v) is 9.34. The van der Waals surface area contributed by atoms with Crippen LogP contribution in [0.15, 0.2) is 59.7 Å². The van der Waals surface area contributed by atoms with Gasteiger partial charge in [-0.1, -0.05) is 49.6 Å². The fraction of sp³-hybridized carbons (Fsp3) is 0.500. The van der Waals surface area contributed by atoms with Crippen LogP contribution in [0, 0.1) is 0 Å². The van der Waals surface area contributed by atoms with Gasteiger partial charge in [-0.15, -0.1) is 0 Å². The molecule has 2 aromatic rings. The molecule has 1 aromatic heterocycles. The van der Waals surface area contributed by atoms with Gasteiger partial charge < -0.3 is 20.7 Å². The van der Waals surface area contributed by atoms with E-state index in [1.165, 1.54) is 18.6 Å². The molecule has 1 aliphatic heterocycles. The molecule has 8 heteroatoms. The highest BCUT2D eigenvalue weighted by atomic mass is 16.3. The van der Waals surface area contributed by atoms with Gasteiger partial charge in [-0.3, -0.25) is 19.1 Å². The van der Waals surface area contributed by atoms with E-state index in [0.29, 0.717) is 19.4 Å². The van der Waals surface area contributed by atoms with E-state index < -0.39 is 18.2 Å². The zero-order valence-electron chi connectivity index (χ0n) is 19.4. The summed E-state index contributed by atoms with van der Waals surface area (Å²) in [5.74, 6) is -0.556. The highest BCUT2D eigenvalue weighted by Crippen LogP contribution is 2.24. The number of benzene rings is 1. The van der Waals surface area contributed by atoms with Crippen molar-refractivity contribution >= 4 is 11.8 Å². The predicted molar refractivity (Wildman–Crippen MR) is 130 cm³/mol. The van der Waals surface area contributed by atoms with Gasteiger partial charge in [-0.25, -0.2) is 0 Å². The minimum Gasteiger partial charge on any atom is -0.381 e. The average molecular weight is 467 g/mol. The molecule has 4 rings (SSSR count). The fourth-order valence-corrected chi connectivity index (χ4v) is 5.02. The van der Waals surface area contributed by atoms with Crippen molar-refractivity contribution in [3.63, 3.8) is 0 Å². The van der Waals surface area contributed by atoms with Crippen LogP contribution >= 0.6 is 0 Å². The first-order valence-electron chi connectivity index (χ1n) is 12.3. The normalized spacial score (nSPS) is 20.5. The molecule has 1 saturated heterocycles. The van der Waals surface area contributed by atoms with Crippen LogP contribution < -0.4 is 16.2 Å². The van der Waals surface area contributed by atoms with Crippen molar-refractivity contribution in [1.82, 2.24) is 14.9 Å². The van der Waals surface area contributed by atoms with E-state index >= 15 is 0 Å².